The summed E-state index contributed by atoms with van der Waals surface area (Å²) in [7, 11) is -3.18. The zero-order chi connectivity index (χ0) is 15.9. The first-order chi connectivity index (χ1) is 9.78. The molecule has 0 atom stereocenters. The van der Waals surface area contributed by atoms with Crippen LogP contribution >= 0.6 is 15.9 Å². The van der Waals surface area contributed by atoms with Gasteiger partial charge in [0.05, 0.1) is 6.26 Å². The Bertz CT molecular complexity index is 555. The van der Waals surface area contributed by atoms with Crippen molar-refractivity contribution in [2.45, 2.75) is 19.6 Å². The maximum Gasteiger partial charge on any atom is 0.387 e. The van der Waals surface area contributed by atoms with Crippen molar-refractivity contribution in [1.29, 1.82) is 0 Å². The monoisotopic (exact) mass is 386 g/mol. The lowest BCUT2D eigenvalue weighted by Gasteiger charge is -2.12. The Labute approximate surface area is 131 Å². The largest absolute Gasteiger partial charge is 0.434 e. The molecule has 1 aromatic carbocycles. The number of hydrogen-bond donors (Lipinski definition) is 2. The highest BCUT2D eigenvalue weighted by atomic mass is 79.9. The number of rotatable bonds is 9. The van der Waals surface area contributed by atoms with Gasteiger partial charge in [0.1, 0.15) is 5.75 Å². The number of hydrogen-bond acceptors (Lipinski definition) is 4. The molecular formula is C12H17BrF2N2O3S. The molecular weight excluding hydrogens is 370 g/mol. The van der Waals surface area contributed by atoms with Crippen LogP contribution in [0.15, 0.2) is 22.7 Å². The van der Waals surface area contributed by atoms with Gasteiger partial charge in [-0.2, -0.15) is 8.78 Å². The molecule has 0 spiro atoms. The van der Waals surface area contributed by atoms with Crippen LogP contribution in [0.4, 0.5) is 8.78 Å². The minimum Gasteiger partial charge on any atom is -0.434 e. The van der Waals surface area contributed by atoms with Gasteiger partial charge in [-0.1, -0.05) is 15.9 Å². The van der Waals surface area contributed by atoms with Crippen molar-refractivity contribution < 1.29 is 21.9 Å². The summed E-state index contributed by atoms with van der Waals surface area (Å²) in [6.45, 7) is -1.65. The third kappa shape index (κ3) is 8.30. The first kappa shape index (κ1) is 18.3. The summed E-state index contributed by atoms with van der Waals surface area (Å²) in [5, 5.41) is 3.05. The highest BCUT2D eigenvalue weighted by molar-refractivity contribution is 9.10. The Kier molecular flexibility index (Phi) is 7.50. The molecule has 1 rings (SSSR count). The van der Waals surface area contributed by atoms with E-state index in [2.05, 4.69) is 30.7 Å². The van der Waals surface area contributed by atoms with Crippen LogP contribution < -0.4 is 14.8 Å². The van der Waals surface area contributed by atoms with E-state index in [1.807, 2.05) is 0 Å². The zero-order valence-electron chi connectivity index (χ0n) is 11.4. The average Bonchev–Trinajstić information content (AvgIpc) is 2.35. The average molecular weight is 387 g/mol. The van der Waals surface area contributed by atoms with E-state index in [0.29, 0.717) is 31.6 Å². The second-order valence-electron chi connectivity index (χ2n) is 4.33. The second kappa shape index (κ2) is 8.62. The fourth-order valence-electron chi connectivity index (χ4n) is 1.59. The Hall–Kier alpha value is -0.770. The molecule has 21 heavy (non-hydrogen) atoms. The quantitative estimate of drug-likeness (QED) is 0.637. The van der Waals surface area contributed by atoms with Gasteiger partial charge in [0.25, 0.3) is 0 Å². The molecule has 0 aliphatic rings. The molecule has 0 aromatic heterocycles. The minimum atomic E-state index is -3.18. The van der Waals surface area contributed by atoms with Gasteiger partial charge in [-0.3, -0.25) is 0 Å². The summed E-state index contributed by atoms with van der Waals surface area (Å²) in [5.74, 6) is 0.120. The number of ether oxygens (including phenoxy) is 1. The van der Waals surface area contributed by atoms with E-state index in [1.54, 1.807) is 12.1 Å². The van der Waals surface area contributed by atoms with Gasteiger partial charge in [-0.25, -0.2) is 13.1 Å². The van der Waals surface area contributed by atoms with E-state index in [4.69, 9.17) is 0 Å². The molecule has 0 saturated heterocycles. The summed E-state index contributed by atoms with van der Waals surface area (Å²) in [6, 6.07) is 4.79. The van der Waals surface area contributed by atoms with Crippen LogP contribution in [0.5, 0.6) is 5.75 Å². The van der Waals surface area contributed by atoms with Crippen LogP contribution in [0.3, 0.4) is 0 Å². The van der Waals surface area contributed by atoms with Gasteiger partial charge in [0.2, 0.25) is 10.0 Å². The summed E-state index contributed by atoms with van der Waals surface area (Å²) in [5.41, 5.74) is 0.598. The van der Waals surface area contributed by atoms with Gasteiger partial charge in [0, 0.05) is 23.1 Å². The lowest BCUT2D eigenvalue weighted by molar-refractivity contribution is -0.0505. The van der Waals surface area contributed by atoms with E-state index >= 15 is 0 Å². The highest BCUT2D eigenvalue weighted by Crippen LogP contribution is 2.24. The van der Waals surface area contributed by atoms with Crippen LogP contribution in [0.1, 0.15) is 12.0 Å². The lowest BCUT2D eigenvalue weighted by atomic mass is 10.2. The zero-order valence-corrected chi connectivity index (χ0v) is 13.8. The molecule has 5 nitrogen and oxygen atoms in total. The number of benzene rings is 1. The minimum absolute atomic E-state index is 0.120. The molecule has 0 amide bonds. The third-order valence-electron chi connectivity index (χ3n) is 2.45. The van der Waals surface area contributed by atoms with E-state index in [1.165, 1.54) is 6.07 Å². The van der Waals surface area contributed by atoms with Crippen molar-refractivity contribution in [3.05, 3.63) is 28.2 Å². The number of nitrogens with one attached hydrogen (secondary N) is 2. The number of sulfonamides is 1. The van der Waals surface area contributed by atoms with Gasteiger partial charge < -0.3 is 10.1 Å². The van der Waals surface area contributed by atoms with Crippen LogP contribution in [0, 0.1) is 0 Å². The van der Waals surface area contributed by atoms with Gasteiger partial charge in [-0.15, -0.1) is 0 Å². The normalized spacial score (nSPS) is 11.9. The smallest absolute Gasteiger partial charge is 0.387 e. The van der Waals surface area contributed by atoms with Crippen molar-refractivity contribution in [2.24, 2.45) is 0 Å². The van der Waals surface area contributed by atoms with E-state index in [0.717, 1.165) is 10.7 Å². The van der Waals surface area contributed by atoms with Crippen molar-refractivity contribution >= 4 is 26.0 Å². The molecule has 0 saturated carbocycles. The SMILES string of the molecule is CS(=O)(=O)NCCCNCc1cc(Br)ccc1OC(F)F. The first-order valence-corrected chi connectivity index (χ1v) is 8.85. The van der Waals surface area contributed by atoms with E-state index < -0.39 is 16.6 Å². The van der Waals surface area contributed by atoms with Crippen LogP contribution in [-0.2, 0) is 16.6 Å². The number of halogens is 3. The summed E-state index contributed by atoms with van der Waals surface area (Å²) in [4.78, 5) is 0. The second-order valence-corrected chi connectivity index (χ2v) is 7.08. The van der Waals surface area contributed by atoms with Crippen LogP contribution in [0.25, 0.3) is 0 Å². The molecule has 0 bridgehead atoms. The van der Waals surface area contributed by atoms with E-state index in [-0.39, 0.29) is 5.75 Å². The first-order valence-electron chi connectivity index (χ1n) is 6.16. The van der Waals surface area contributed by atoms with Crippen LogP contribution in [0.2, 0.25) is 0 Å². The van der Waals surface area contributed by atoms with Gasteiger partial charge >= 0.3 is 6.61 Å². The third-order valence-corrected chi connectivity index (χ3v) is 3.67. The molecule has 0 aliphatic heterocycles. The maximum absolute atomic E-state index is 12.3. The molecule has 120 valence electrons. The van der Waals surface area contributed by atoms with Gasteiger partial charge in [0.15, 0.2) is 0 Å². The summed E-state index contributed by atoms with van der Waals surface area (Å²) < 4.78 is 53.8. The topological polar surface area (TPSA) is 67.4 Å². The van der Waals surface area contributed by atoms with Crippen LogP contribution in [-0.4, -0.2) is 34.4 Å². The Balaban J connectivity index is 2.42. The summed E-state index contributed by atoms with van der Waals surface area (Å²) in [6.07, 6.45) is 1.68. The molecule has 0 radical (unpaired) electrons. The Morgan fingerprint density at radius 1 is 1.33 bits per heavy atom. The van der Waals surface area contributed by atoms with Crippen molar-refractivity contribution in [3.8, 4) is 5.75 Å². The molecule has 0 unspecified atom stereocenters. The van der Waals surface area contributed by atoms with Crippen molar-refractivity contribution in [2.75, 3.05) is 19.3 Å². The molecule has 0 heterocycles. The molecule has 2 N–H and O–H groups in total. The fourth-order valence-corrected chi connectivity index (χ4v) is 2.51. The molecule has 1 aromatic rings. The molecule has 9 heteroatoms. The predicted octanol–water partition coefficient (Wildman–Crippen LogP) is 2.08. The van der Waals surface area contributed by atoms with Crippen molar-refractivity contribution in [3.63, 3.8) is 0 Å². The fraction of sp³-hybridized carbons (Fsp3) is 0.500. The Morgan fingerprint density at radius 2 is 2.05 bits per heavy atom. The predicted molar refractivity (Wildman–Crippen MR) is 79.9 cm³/mol. The number of alkyl halides is 2. The maximum atomic E-state index is 12.3. The Morgan fingerprint density at radius 3 is 2.67 bits per heavy atom. The highest BCUT2D eigenvalue weighted by Gasteiger charge is 2.09. The standard InChI is InChI=1S/C12H17BrF2N2O3S/c1-21(18,19)17-6-2-5-16-8-9-7-10(13)3-4-11(9)20-12(14)15/h3-4,7,12,16-17H,2,5-6,8H2,1H3. The lowest BCUT2D eigenvalue weighted by Crippen LogP contribution is -2.26. The van der Waals surface area contributed by atoms with E-state index in [9.17, 15) is 17.2 Å². The van der Waals surface area contributed by atoms with Gasteiger partial charge in [-0.05, 0) is 31.2 Å². The van der Waals surface area contributed by atoms with Crippen molar-refractivity contribution in [1.82, 2.24) is 10.0 Å². The molecule has 0 aliphatic carbocycles. The summed E-state index contributed by atoms with van der Waals surface area (Å²) >= 11 is 3.27. The molecule has 0 fully saturated rings.